The molecule has 0 bridgehead atoms. The van der Waals surface area contributed by atoms with Crippen LogP contribution in [0.2, 0.25) is 0 Å². The molecular formula is C15H10N2O6. The van der Waals surface area contributed by atoms with E-state index in [2.05, 4.69) is 0 Å². The molecule has 2 amide bonds. The van der Waals surface area contributed by atoms with Gasteiger partial charge in [0.25, 0.3) is 11.8 Å². The Morgan fingerprint density at radius 1 is 0.957 bits per heavy atom. The van der Waals surface area contributed by atoms with Crippen LogP contribution in [0.4, 0.5) is 5.69 Å². The van der Waals surface area contributed by atoms with E-state index >= 15 is 0 Å². The van der Waals surface area contributed by atoms with E-state index in [0.717, 1.165) is 23.1 Å². The van der Waals surface area contributed by atoms with E-state index in [1.807, 2.05) is 0 Å². The average molecular weight is 314 g/mol. The van der Waals surface area contributed by atoms with Crippen molar-refractivity contribution in [2.45, 2.75) is 0 Å². The monoisotopic (exact) mass is 314 g/mol. The van der Waals surface area contributed by atoms with Gasteiger partial charge in [-0.3, -0.25) is 14.4 Å². The number of anilines is 1. The number of ketones is 1. The smallest absolute Gasteiger partial charge is 0.258 e. The van der Waals surface area contributed by atoms with Gasteiger partial charge in [-0.1, -0.05) is 0 Å². The van der Waals surface area contributed by atoms with Crippen LogP contribution in [0.15, 0.2) is 42.5 Å². The van der Waals surface area contributed by atoms with Crippen molar-refractivity contribution in [1.82, 2.24) is 4.73 Å². The Balaban J connectivity index is 1.90. The van der Waals surface area contributed by atoms with E-state index in [1.165, 1.54) is 24.3 Å². The van der Waals surface area contributed by atoms with Crippen molar-refractivity contribution < 1.29 is 29.8 Å². The summed E-state index contributed by atoms with van der Waals surface area (Å²) in [5, 5.41) is 28.1. The second kappa shape index (κ2) is 5.02. The van der Waals surface area contributed by atoms with E-state index in [4.69, 9.17) is 0 Å². The maximum absolute atomic E-state index is 12.2. The molecule has 116 valence electrons. The maximum Gasteiger partial charge on any atom is 0.258 e. The van der Waals surface area contributed by atoms with Crippen LogP contribution < -0.4 is 4.90 Å². The first-order valence-electron chi connectivity index (χ1n) is 6.44. The Morgan fingerprint density at radius 3 is 2.00 bits per heavy atom. The summed E-state index contributed by atoms with van der Waals surface area (Å²) in [6, 6.07) is 6.46. The Bertz CT molecular complexity index is 845. The van der Waals surface area contributed by atoms with E-state index in [0.29, 0.717) is 5.69 Å². The number of amides is 2. The van der Waals surface area contributed by atoms with E-state index < -0.39 is 29.4 Å². The molecule has 0 fully saturated rings. The molecule has 0 spiro atoms. The standard InChI is InChI=1S/C15H10N2O6/c18-11-5-6-12(19)16(11)9-3-1-8(2-4-9)14(21)10-7-13(20)17(23)15(10)22/h1-7,20,22-23H. The number of aromatic hydroxyl groups is 2. The minimum Gasteiger partial charge on any atom is -0.492 e. The van der Waals surface area contributed by atoms with Gasteiger partial charge in [0.05, 0.1) is 11.3 Å². The molecule has 0 atom stereocenters. The van der Waals surface area contributed by atoms with Crippen LogP contribution >= 0.6 is 0 Å². The van der Waals surface area contributed by atoms with Gasteiger partial charge in [0.2, 0.25) is 11.8 Å². The molecule has 0 unspecified atom stereocenters. The molecule has 2 heterocycles. The number of carbonyl (C=O) groups is 3. The van der Waals surface area contributed by atoms with Gasteiger partial charge in [-0.15, -0.1) is 4.73 Å². The summed E-state index contributed by atoms with van der Waals surface area (Å²) in [6.07, 6.45) is 2.29. The van der Waals surface area contributed by atoms with Crippen molar-refractivity contribution >= 4 is 23.3 Å². The fourth-order valence-electron chi connectivity index (χ4n) is 2.22. The third-order valence-electron chi connectivity index (χ3n) is 3.37. The molecule has 1 aromatic carbocycles. The lowest BCUT2D eigenvalue weighted by Crippen LogP contribution is -2.29. The van der Waals surface area contributed by atoms with Crippen molar-refractivity contribution in [3.05, 3.63) is 53.6 Å². The van der Waals surface area contributed by atoms with Gasteiger partial charge in [-0.2, -0.15) is 0 Å². The van der Waals surface area contributed by atoms with Crippen LogP contribution in [0.3, 0.4) is 0 Å². The summed E-state index contributed by atoms with van der Waals surface area (Å²) in [4.78, 5) is 36.3. The van der Waals surface area contributed by atoms with Crippen LogP contribution in [0.1, 0.15) is 15.9 Å². The zero-order valence-electron chi connectivity index (χ0n) is 11.5. The van der Waals surface area contributed by atoms with Gasteiger partial charge >= 0.3 is 0 Å². The predicted molar refractivity (Wildman–Crippen MR) is 76.5 cm³/mol. The Hall–Kier alpha value is -3.55. The SMILES string of the molecule is O=C(c1ccc(N2C(=O)C=CC2=O)cc1)c1cc(O)n(O)c1O. The minimum absolute atomic E-state index is 0.0782. The van der Waals surface area contributed by atoms with Crippen LogP contribution in [0.5, 0.6) is 11.8 Å². The number of nitrogens with zero attached hydrogens (tertiary/aromatic N) is 2. The number of aromatic nitrogens is 1. The zero-order valence-corrected chi connectivity index (χ0v) is 11.5. The number of benzene rings is 1. The fraction of sp³-hybridized carbons (Fsp3) is 0. The lowest BCUT2D eigenvalue weighted by Gasteiger charge is -2.13. The molecule has 0 aliphatic carbocycles. The molecule has 8 nitrogen and oxygen atoms in total. The average Bonchev–Trinajstić information content (AvgIpc) is 3.01. The van der Waals surface area contributed by atoms with E-state index in [-0.39, 0.29) is 15.9 Å². The topological polar surface area (TPSA) is 120 Å². The van der Waals surface area contributed by atoms with Gasteiger partial charge in [-0.25, -0.2) is 4.90 Å². The van der Waals surface area contributed by atoms with Crippen molar-refractivity contribution in [1.29, 1.82) is 0 Å². The molecule has 2 aromatic rings. The van der Waals surface area contributed by atoms with Crippen molar-refractivity contribution in [2.75, 3.05) is 4.90 Å². The Kier molecular flexibility index (Phi) is 3.14. The lowest BCUT2D eigenvalue weighted by atomic mass is 10.1. The Labute approximate surface area is 129 Å². The summed E-state index contributed by atoms with van der Waals surface area (Å²) in [7, 11) is 0. The highest BCUT2D eigenvalue weighted by atomic mass is 16.5. The molecular weight excluding hydrogens is 304 g/mol. The second-order valence-electron chi connectivity index (χ2n) is 4.77. The quantitative estimate of drug-likeness (QED) is 0.438. The zero-order chi connectivity index (χ0) is 16.7. The van der Waals surface area contributed by atoms with Crippen LogP contribution in [0, 0.1) is 0 Å². The summed E-state index contributed by atoms with van der Waals surface area (Å²) in [6.45, 7) is 0. The molecule has 8 heteroatoms. The largest absolute Gasteiger partial charge is 0.492 e. The van der Waals surface area contributed by atoms with E-state index in [1.54, 1.807) is 0 Å². The first kappa shape index (κ1) is 14.4. The number of rotatable bonds is 3. The van der Waals surface area contributed by atoms with Gasteiger partial charge in [-0.05, 0) is 24.3 Å². The summed E-state index contributed by atoms with van der Waals surface area (Å²) in [5.41, 5.74) is 0.155. The number of imide groups is 1. The molecule has 1 aliphatic rings. The third kappa shape index (κ3) is 2.22. The highest BCUT2D eigenvalue weighted by molar-refractivity contribution is 6.28. The molecule has 1 aliphatic heterocycles. The van der Waals surface area contributed by atoms with Crippen molar-refractivity contribution in [2.24, 2.45) is 0 Å². The lowest BCUT2D eigenvalue weighted by molar-refractivity contribution is -0.119. The van der Waals surface area contributed by atoms with Crippen LogP contribution in [-0.2, 0) is 9.59 Å². The highest BCUT2D eigenvalue weighted by Gasteiger charge is 2.26. The van der Waals surface area contributed by atoms with Crippen LogP contribution in [-0.4, -0.2) is 37.7 Å². The summed E-state index contributed by atoms with van der Waals surface area (Å²) < 4.78 is 0.0782. The summed E-state index contributed by atoms with van der Waals surface area (Å²) >= 11 is 0. The first-order chi connectivity index (χ1) is 10.9. The molecule has 3 rings (SSSR count). The molecule has 0 saturated carbocycles. The van der Waals surface area contributed by atoms with E-state index in [9.17, 15) is 29.8 Å². The predicted octanol–water partition coefficient (Wildman–Crippen LogP) is 0.797. The second-order valence-corrected chi connectivity index (χ2v) is 4.77. The van der Waals surface area contributed by atoms with Crippen molar-refractivity contribution in [3.8, 4) is 11.8 Å². The minimum atomic E-state index is -0.786. The highest BCUT2D eigenvalue weighted by Crippen LogP contribution is 2.28. The molecule has 0 radical (unpaired) electrons. The van der Waals surface area contributed by atoms with Gasteiger partial charge in [0.1, 0.15) is 0 Å². The molecule has 0 saturated heterocycles. The van der Waals surface area contributed by atoms with Crippen LogP contribution in [0.25, 0.3) is 0 Å². The Morgan fingerprint density at radius 2 is 1.52 bits per heavy atom. The molecule has 23 heavy (non-hydrogen) atoms. The molecule has 3 N–H and O–H groups in total. The third-order valence-corrected chi connectivity index (χ3v) is 3.37. The van der Waals surface area contributed by atoms with Crippen molar-refractivity contribution in [3.63, 3.8) is 0 Å². The first-order valence-corrected chi connectivity index (χ1v) is 6.44. The molecule has 1 aromatic heterocycles. The number of carbonyl (C=O) groups excluding carboxylic acids is 3. The summed E-state index contributed by atoms with van der Waals surface area (Å²) in [5.74, 6) is -3.06. The van der Waals surface area contributed by atoms with Gasteiger partial charge < -0.3 is 15.4 Å². The fourth-order valence-corrected chi connectivity index (χ4v) is 2.22. The number of hydrogen-bond donors (Lipinski definition) is 3. The van der Waals surface area contributed by atoms with Gasteiger partial charge in [0.15, 0.2) is 5.78 Å². The maximum atomic E-state index is 12.2. The number of hydrogen-bond acceptors (Lipinski definition) is 6. The van der Waals surface area contributed by atoms with Gasteiger partial charge in [0, 0.05) is 23.8 Å². The normalized spacial score (nSPS) is 13.8.